The second-order valence-electron chi connectivity index (χ2n) is 9.77. The molecular formula is C29H26F4N6O. The van der Waals surface area contributed by atoms with Gasteiger partial charge in [-0.05, 0) is 55.3 Å². The molecule has 1 fully saturated rings. The fourth-order valence-electron chi connectivity index (χ4n) is 4.46. The van der Waals surface area contributed by atoms with Crippen LogP contribution < -0.4 is 5.32 Å². The highest BCUT2D eigenvalue weighted by molar-refractivity contribution is 6.04. The largest absolute Gasteiger partial charge is 0.416 e. The summed E-state index contributed by atoms with van der Waals surface area (Å²) in [6.07, 6.45) is -2.00. The molecule has 206 valence electrons. The normalized spacial score (nSPS) is 14.7. The van der Waals surface area contributed by atoms with Gasteiger partial charge in [0.15, 0.2) is 11.5 Å². The van der Waals surface area contributed by atoms with E-state index in [-0.39, 0.29) is 34.6 Å². The van der Waals surface area contributed by atoms with Crippen molar-refractivity contribution in [2.75, 3.05) is 38.5 Å². The minimum absolute atomic E-state index is 0.0461. The van der Waals surface area contributed by atoms with E-state index in [2.05, 4.69) is 37.0 Å². The fraction of sp³-hybridized carbons (Fsp3) is 0.276. The number of aryl methyl sites for hydroxylation is 1. The number of benzene rings is 2. The Labute approximate surface area is 228 Å². The molecule has 0 aliphatic carbocycles. The number of likely N-dealkylation sites (N-methyl/N-ethyl adjacent to an activating group) is 1. The first-order valence-corrected chi connectivity index (χ1v) is 12.6. The molecule has 2 N–H and O–H groups in total. The predicted molar refractivity (Wildman–Crippen MR) is 143 cm³/mol. The Hall–Kier alpha value is -4.27. The molecule has 0 saturated carbocycles. The number of nitrogens with one attached hydrogen (secondary N) is 2. The quantitative estimate of drug-likeness (QED) is 0.282. The lowest BCUT2D eigenvalue weighted by atomic mass is 10.0. The van der Waals surface area contributed by atoms with Gasteiger partial charge in [0.1, 0.15) is 11.2 Å². The van der Waals surface area contributed by atoms with E-state index < -0.39 is 23.5 Å². The zero-order chi connectivity index (χ0) is 28.4. The van der Waals surface area contributed by atoms with Crippen molar-refractivity contribution in [3.05, 3.63) is 88.1 Å². The SMILES string of the molecule is Cc1ccc(C(=O)Nc2ccc(CN3CCN(C)CC3)c(C(F)(F)F)c2)cc1C#Cc1cnc2[nH]cc(F)c2n1. The molecule has 0 bridgehead atoms. The van der Waals surface area contributed by atoms with Crippen molar-refractivity contribution < 1.29 is 22.4 Å². The summed E-state index contributed by atoms with van der Waals surface area (Å²) >= 11 is 0. The Morgan fingerprint density at radius 3 is 2.62 bits per heavy atom. The van der Waals surface area contributed by atoms with Crippen LogP contribution >= 0.6 is 0 Å². The van der Waals surface area contributed by atoms with E-state index >= 15 is 0 Å². The Morgan fingerprint density at radius 2 is 1.88 bits per heavy atom. The summed E-state index contributed by atoms with van der Waals surface area (Å²) in [6.45, 7) is 4.97. The van der Waals surface area contributed by atoms with Crippen molar-refractivity contribution in [3.63, 3.8) is 0 Å². The third-order valence-electron chi connectivity index (χ3n) is 6.82. The lowest BCUT2D eigenvalue weighted by Gasteiger charge is -2.33. The van der Waals surface area contributed by atoms with E-state index in [9.17, 15) is 22.4 Å². The number of alkyl halides is 3. The summed E-state index contributed by atoms with van der Waals surface area (Å²) in [5.41, 5.74) is 1.59. The van der Waals surface area contributed by atoms with Crippen LogP contribution in [0.25, 0.3) is 11.2 Å². The number of anilines is 1. The van der Waals surface area contributed by atoms with Crippen LogP contribution in [0.2, 0.25) is 0 Å². The summed E-state index contributed by atoms with van der Waals surface area (Å²) in [6, 6.07) is 8.71. The number of piperazine rings is 1. The highest BCUT2D eigenvalue weighted by Gasteiger charge is 2.34. The molecule has 1 saturated heterocycles. The lowest BCUT2D eigenvalue weighted by molar-refractivity contribution is -0.138. The van der Waals surface area contributed by atoms with Crippen LogP contribution in [0.4, 0.5) is 23.2 Å². The van der Waals surface area contributed by atoms with Gasteiger partial charge < -0.3 is 15.2 Å². The molecular weight excluding hydrogens is 524 g/mol. The molecule has 2 aromatic heterocycles. The van der Waals surface area contributed by atoms with E-state index in [0.717, 1.165) is 30.9 Å². The molecule has 0 atom stereocenters. The number of halogens is 4. The first-order chi connectivity index (χ1) is 19.1. The highest BCUT2D eigenvalue weighted by Crippen LogP contribution is 2.34. The van der Waals surface area contributed by atoms with Gasteiger partial charge >= 0.3 is 6.18 Å². The Balaban J connectivity index is 1.34. The highest BCUT2D eigenvalue weighted by atomic mass is 19.4. The monoisotopic (exact) mass is 550 g/mol. The molecule has 7 nitrogen and oxygen atoms in total. The number of hydrogen-bond acceptors (Lipinski definition) is 5. The maximum Gasteiger partial charge on any atom is 0.416 e. The predicted octanol–water partition coefficient (Wildman–Crippen LogP) is 4.82. The Bertz CT molecular complexity index is 1630. The first-order valence-electron chi connectivity index (χ1n) is 12.6. The van der Waals surface area contributed by atoms with Gasteiger partial charge in [-0.1, -0.05) is 18.1 Å². The van der Waals surface area contributed by atoms with Crippen molar-refractivity contribution in [2.45, 2.75) is 19.6 Å². The number of H-pyrrole nitrogens is 1. The second kappa shape index (κ2) is 11.1. The number of nitrogens with zero attached hydrogens (tertiary/aromatic N) is 4. The third kappa shape index (κ3) is 6.14. The van der Waals surface area contributed by atoms with Crippen LogP contribution in [0, 0.1) is 24.6 Å². The second-order valence-corrected chi connectivity index (χ2v) is 9.77. The Kier molecular flexibility index (Phi) is 7.56. The molecule has 1 amide bonds. The number of carbonyl (C=O) groups is 1. The molecule has 0 radical (unpaired) electrons. The van der Waals surface area contributed by atoms with Gasteiger partial charge in [0.05, 0.1) is 11.8 Å². The number of fused-ring (bicyclic) bond motifs is 1. The van der Waals surface area contributed by atoms with Gasteiger partial charge in [-0.15, -0.1) is 0 Å². The van der Waals surface area contributed by atoms with Gasteiger partial charge in [0, 0.05) is 55.7 Å². The molecule has 2 aromatic carbocycles. The molecule has 5 rings (SSSR count). The minimum Gasteiger partial charge on any atom is -0.342 e. The average Bonchev–Trinajstić information content (AvgIpc) is 3.29. The van der Waals surface area contributed by atoms with Gasteiger partial charge in [-0.3, -0.25) is 9.69 Å². The number of rotatable bonds is 4. The molecule has 40 heavy (non-hydrogen) atoms. The van der Waals surface area contributed by atoms with E-state index in [4.69, 9.17) is 0 Å². The van der Waals surface area contributed by atoms with Crippen molar-refractivity contribution in [1.29, 1.82) is 0 Å². The lowest BCUT2D eigenvalue weighted by Crippen LogP contribution is -2.44. The van der Waals surface area contributed by atoms with Gasteiger partial charge in [-0.25, -0.2) is 14.4 Å². The summed E-state index contributed by atoms with van der Waals surface area (Å²) in [5, 5.41) is 2.58. The molecule has 1 aliphatic rings. The summed E-state index contributed by atoms with van der Waals surface area (Å²) < 4.78 is 55.6. The molecule has 1 aliphatic heterocycles. The van der Waals surface area contributed by atoms with Crippen LogP contribution in [0.15, 0.2) is 48.8 Å². The van der Waals surface area contributed by atoms with Crippen molar-refractivity contribution in [3.8, 4) is 11.8 Å². The number of carbonyl (C=O) groups excluding carboxylic acids is 1. The van der Waals surface area contributed by atoms with E-state index in [1.54, 1.807) is 25.1 Å². The van der Waals surface area contributed by atoms with Crippen molar-refractivity contribution in [1.82, 2.24) is 24.8 Å². The van der Waals surface area contributed by atoms with Crippen molar-refractivity contribution >= 4 is 22.8 Å². The third-order valence-corrected chi connectivity index (χ3v) is 6.82. The smallest absolute Gasteiger partial charge is 0.342 e. The van der Waals surface area contributed by atoms with Gasteiger partial charge in [-0.2, -0.15) is 13.2 Å². The van der Waals surface area contributed by atoms with Crippen LogP contribution in [-0.2, 0) is 12.7 Å². The van der Waals surface area contributed by atoms with E-state index in [1.165, 1.54) is 18.3 Å². The van der Waals surface area contributed by atoms with Crippen LogP contribution in [0.3, 0.4) is 0 Å². The van der Waals surface area contributed by atoms with Crippen LogP contribution in [0.1, 0.15) is 38.3 Å². The molecule has 0 spiro atoms. The van der Waals surface area contributed by atoms with Gasteiger partial charge in [0.25, 0.3) is 5.91 Å². The van der Waals surface area contributed by atoms with Crippen molar-refractivity contribution in [2.24, 2.45) is 0 Å². The average molecular weight is 551 g/mol. The number of aromatic nitrogens is 3. The zero-order valence-corrected chi connectivity index (χ0v) is 21.9. The maximum absolute atomic E-state index is 13.9. The number of hydrogen-bond donors (Lipinski definition) is 2. The van der Waals surface area contributed by atoms with Gasteiger partial charge in [0.2, 0.25) is 0 Å². The molecule has 3 heterocycles. The first kappa shape index (κ1) is 27.3. The summed E-state index contributed by atoms with van der Waals surface area (Å²) in [5.74, 6) is 4.64. The maximum atomic E-state index is 13.9. The summed E-state index contributed by atoms with van der Waals surface area (Å²) in [7, 11) is 1.99. The topological polar surface area (TPSA) is 77.2 Å². The standard InChI is InChI=1S/C29H26F4N6O/c1-18-3-4-20(13-19(18)5-8-23-15-34-27-26(36-23)25(30)16-35-27)28(40)37-22-7-6-21(24(14-22)29(31,32)33)17-39-11-9-38(2)10-12-39/h3-4,6-7,13-16H,9-12,17H2,1-2H3,(H,34,35)(H,37,40). The zero-order valence-electron chi connectivity index (χ0n) is 21.9. The Morgan fingerprint density at radius 1 is 1.10 bits per heavy atom. The molecule has 0 unspecified atom stereocenters. The number of aromatic amines is 1. The molecule has 4 aromatic rings. The van der Waals surface area contributed by atoms with E-state index in [1.807, 2.05) is 11.9 Å². The van der Waals surface area contributed by atoms with E-state index in [0.29, 0.717) is 24.3 Å². The number of amides is 1. The van der Waals surface area contributed by atoms with Crippen LogP contribution in [-0.4, -0.2) is 63.9 Å². The minimum atomic E-state index is -4.56. The van der Waals surface area contributed by atoms with Crippen LogP contribution in [0.5, 0.6) is 0 Å². The fourth-order valence-corrected chi connectivity index (χ4v) is 4.46. The summed E-state index contributed by atoms with van der Waals surface area (Å²) in [4.78, 5) is 28.0. The molecule has 11 heteroatoms.